The number of hydrogen-bond donors (Lipinski definition) is 1. The molecule has 0 aromatic carbocycles. The zero-order valence-corrected chi connectivity index (χ0v) is 13.7. The lowest BCUT2D eigenvalue weighted by Gasteiger charge is -2.14. The summed E-state index contributed by atoms with van der Waals surface area (Å²) >= 11 is 1.58. The molecule has 1 N–H and O–H groups in total. The highest BCUT2D eigenvalue weighted by molar-refractivity contribution is 7.14. The normalized spacial score (nSPS) is 21.8. The van der Waals surface area contributed by atoms with Crippen LogP contribution in [0.3, 0.4) is 0 Å². The summed E-state index contributed by atoms with van der Waals surface area (Å²) in [7, 11) is 0. The molecule has 0 aliphatic carbocycles. The molecule has 0 saturated carbocycles. The van der Waals surface area contributed by atoms with Crippen LogP contribution in [0, 0.1) is 11.8 Å². The SMILES string of the molecule is CCCc1sc(C(=O)N2C[C@@H](C)[C@H](C(=O)O)C2)cc1CC. The van der Waals surface area contributed by atoms with Crippen LogP contribution in [0.5, 0.6) is 0 Å². The van der Waals surface area contributed by atoms with Crippen molar-refractivity contribution >= 4 is 23.2 Å². The first kappa shape index (κ1) is 16.0. The Balaban J connectivity index is 2.15. The standard InChI is InChI=1S/C16H23NO3S/c1-4-6-13-11(5-2)7-14(21-13)15(18)17-8-10(3)12(9-17)16(19)20/h7,10,12H,4-6,8-9H2,1-3H3,(H,19,20)/t10-,12-/m1/s1. The van der Waals surface area contributed by atoms with Gasteiger partial charge in [-0.1, -0.05) is 27.2 Å². The summed E-state index contributed by atoms with van der Waals surface area (Å²) in [6, 6.07) is 2.00. The highest BCUT2D eigenvalue weighted by Crippen LogP contribution is 2.29. The van der Waals surface area contributed by atoms with Gasteiger partial charge in [-0.3, -0.25) is 9.59 Å². The van der Waals surface area contributed by atoms with Crippen LogP contribution >= 0.6 is 11.3 Å². The van der Waals surface area contributed by atoms with E-state index < -0.39 is 11.9 Å². The number of aryl methyl sites for hydroxylation is 2. The van der Waals surface area contributed by atoms with Gasteiger partial charge >= 0.3 is 5.97 Å². The summed E-state index contributed by atoms with van der Waals surface area (Å²) in [5.41, 5.74) is 1.26. The van der Waals surface area contributed by atoms with Crippen LogP contribution in [0.15, 0.2) is 6.07 Å². The van der Waals surface area contributed by atoms with Crippen molar-refractivity contribution in [2.75, 3.05) is 13.1 Å². The molecule has 1 aliphatic rings. The van der Waals surface area contributed by atoms with Crippen molar-refractivity contribution in [3.8, 4) is 0 Å². The van der Waals surface area contributed by atoms with Crippen LogP contribution in [0.1, 0.15) is 47.3 Å². The molecule has 4 nitrogen and oxygen atoms in total. The maximum atomic E-state index is 12.6. The van der Waals surface area contributed by atoms with Crippen molar-refractivity contribution in [2.24, 2.45) is 11.8 Å². The zero-order valence-electron chi connectivity index (χ0n) is 12.9. The number of carboxylic acid groups (broad SMARTS) is 1. The Kier molecular flexibility index (Phi) is 5.04. The average molecular weight is 309 g/mol. The van der Waals surface area contributed by atoms with Crippen molar-refractivity contribution in [1.82, 2.24) is 4.90 Å². The fourth-order valence-corrected chi connectivity index (χ4v) is 4.24. The van der Waals surface area contributed by atoms with Gasteiger partial charge in [0.1, 0.15) is 0 Å². The Morgan fingerprint density at radius 2 is 2.10 bits per heavy atom. The van der Waals surface area contributed by atoms with Crippen molar-refractivity contribution in [3.63, 3.8) is 0 Å². The molecule has 1 amide bonds. The van der Waals surface area contributed by atoms with Crippen molar-refractivity contribution in [1.29, 1.82) is 0 Å². The van der Waals surface area contributed by atoms with E-state index in [0.29, 0.717) is 13.1 Å². The summed E-state index contributed by atoms with van der Waals surface area (Å²) in [6.07, 6.45) is 3.02. The monoisotopic (exact) mass is 309 g/mol. The van der Waals surface area contributed by atoms with E-state index in [2.05, 4.69) is 13.8 Å². The first-order valence-electron chi connectivity index (χ1n) is 7.61. The second kappa shape index (κ2) is 6.60. The Labute approximate surface area is 129 Å². The van der Waals surface area contributed by atoms with Gasteiger partial charge in [-0.15, -0.1) is 11.3 Å². The zero-order chi connectivity index (χ0) is 15.6. The van der Waals surface area contributed by atoms with E-state index in [1.165, 1.54) is 10.4 Å². The predicted octanol–water partition coefficient (Wildman–Crippen LogP) is 3.06. The lowest BCUT2D eigenvalue weighted by atomic mass is 9.99. The third kappa shape index (κ3) is 3.28. The molecule has 21 heavy (non-hydrogen) atoms. The van der Waals surface area contributed by atoms with Crippen LogP contribution < -0.4 is 0 Å². The van der Waals surface area contributed by atoms with Gasteiger partial charge < -0.3 is 10.0 Å². The number of amides is 1. The Hall–Kier alpha value is -1.36. The molecular formula is C16H23NO3S. The summed E-state index contributed by atoms with van der Waals surface area (Å²) in [4.78, 5) is 27.5. The molecule has 2 atom stereocenters. The number of nitrogens with zero attached hydrogens (tertiary/aromatic N) is 1. The minimum absolute atomic E-state index is 0.00680. The molecule has 1 saturated heterocycles. The number of hydrogen-bond acceptors (Lipinski definition) is 3. The summed E-state index contributed by atoms with van der Waals surface area (Å²) in [5, 5.41) is 9.17. The first-order valence-corrected chi connectivity index (χ1v) is 8.43. The Morgan fingerprint density at radius 1 is 1.38 bits per heavy atom. The van der Waals surface area contributed by atoms with E-state index in [0.717, 1.165) is 24.1 Å². The minimum Gasteiger partial charge on any atom is -0.481 e. The van der Waals surface area contributed by atoms with Crippen LogP contribution in [-0.4, -0.2) is 35.0 Å². The van der Waals surface area contributed by atoms with E-state index in [1.807, 2.05) is 13.0 Å². The van der Waals surface area contributed by atoms with E-state index in [1.54, 1.807) is 16.2 Å². The molecule has 1 aromatic heterocycles. The molecule has 0 bridgehead atoms. The second-order valence-corrected chi connectivity index (χ2v) is 6.93. The maximum Gasteiger partial charge on any atom is 0.308 e. The fraction of sp³-hybridized carbons (Fsp3) is 0.625. The molecule has 0 spiro atoms. The fourth-order valence-electron chi connectivity index (χ4n) is 2.92. The molecule has 0 unspecified atom stereocenters. The summed E-state index contributed by atoms with van der Waals surface area (Å²) in [6.45, 7) is 7.02. The van der Waals surface area contributed by atoms with Gasteiger partial charge in [0.25, 0.3) is 5.91 Å². The van der Waals surface area contributed by atoms with Gasteiger partial charge in [0.15, 0.2) is 0 Å². The smallest absolute Gasteiger partial charge is 0.308 e. The second-order valence-electron chi connectivity index (χ2n) is 5.79. The van der Waals surface area contributed by atoms with E-state index >= 15 is 0 Å². The Morgan fingerprint density at radius 3 is 2.62 bits per heavy atom. The first-order chi connectivity index (χ1) is 9.97. The van der Waals surface area contributed by atoms with Gasteiger partial charge in [0.05, 0.1) is 10.8 Å². The number of thiophene rings is 1. The average Bonchev–Trinajstić information content (AvgIpc) is 3.02. The maximum absolute atomic E-state index is 12.6. The minimum atomic E-state index is -0.801. The van der Waals surface area contributed by atoms with Crippen LogP contribution in [0.2, 0.25) is 0 Å². The molecule has 1 aromatic rings. The van der Waals surface area contributed by atoms with E-state index in [-0.39, 0.29) is 11.8 Å². The third-order valence-electron chi connectivity index (χ3n) is 4.18. The molecule has 1 fully saturated rings. The van der Waals surface area contributed by atoms with Gasteiger partial charge in [0, 0.05) is 18.0 Å². The van der Waals surface area contributed by atoms with E-state index in [9.17, 15) is 14.7 Å². The largest absolute Gasteiger partial charge is 0.481 e. The molecule has 116 valence electrons. The number of carbonyl (C=O) groups excluding carboxylic acids is 1. The molecular weight excluding hydrogens is 286 g/mol. The van der Waals surface area contributed by atoms with Crippen molar-refractivity contribution in [3.05, 3.63) is 21.4 Å². The lowest BCUT2D eigenvalue weighted by molar-refractivity contribution is -0.142. The molecule has 2 heterocycles. The molecule has 0 radical (unpaired) electrons. The topological polar surface area (TPSA) is 57.6 Å². The van der Waals surface area contributed by atoms with Crippen molar-refractivity contribution in [2.45, 2.75) is 40.0 Å². The Bertz CT molecular complexity index is 538. The van der Waals surface area contributed by atoms with Gasteiger partial charge in [-0.05, 0) is 30.4 Å². The van der Waals surface area contributed by atoms with Crippen molar-refractivity contribution < 1.29 is 14.7 Å². The quantitative estimate of drug-likeness (QED) is 0.909. The summed E-state index contributed by atoms with van der Waals surface area (Å²) < 4.78 is 0. The van der Waals surface area contributed by atoms with E-state index in [4.69, 9.17) is 0 Å². The summed E-state index contributed by atoms with van der Waals surface area (Å²) in [5.74, 6) is -1.22. The van der Waals surface area contributed by atoms with Crippen LogP contribution in [-0.2, 0) is 17.6 Å². The molecule has 5 heteroatoms. The number of carbonyl (C=O) groups is 2. The highest BCUT2D eigenvalue weighted by atomic mass is 32.1. The predicted molar refractivity (Wildman–Crippen MR) is 83.9 cm³/mol. The van der Waals surface area contributed by atoms with Crippen LogP contribution in [0.4, 0.5) is 0 Å². The number of likely N-dealkylation sites (tertiary alicyclic amines) is 1. The highest BCUT2D eigenvalue weighted by Gasteiger charge is 2.37. The van der Waals surface area contributed by atoms with Gasteiger partial charge in [-0.25, -0.2) is 0 Å². The molecule has 2 rings (SSSR count). The van der Waals surface area contributed by atoms with Gasteiger partial charge in [0.2, 0.25) is 0 Å². The number of aliphatic carboxylic acids is 1. The molecule has 1 aliphatic heterocycles. The number of carboxylic acids is 1. The van der Waals surface area contributed by atoms with Gasteiger partial charge in [-0.2, -0.15) is 0 Å². The number of rotatable bonds is 5. The third-order valence-corrected chi connectivity index (χ3v) is 5.41. The lowest BCUT2D eigenvalue weighted by Crippen LogP contribution is -2.29. The van der Waals surface area contributed by atoms with Crippen LogP contribution in [0.25, 0.3) is 0 Å².